The van der Waals surface area contributed by atoms with Crippen LogP contribution in [0.2, 0.25) is 0 Å². The Morgan fingerprint density at radius 1 is 1.09 bits per heavy atom. The molecule has 0 aromatic heterocycles. The van der Waals surface area contributed by atoms with Crippen molar-refractivity contribution in [1.29, 1.82) is 0 Å². The normalized spacial score (nSPS) is 20.7. The summed E-state index contributed by atoms with van der Waals surface area (Å²) in [5.74, 6) is -1.54. The lowest BCUT2D eigenvalue weighted by Crippen LogP contribution is -2.57. The van der Waals surface area contributed by atoms with Crippen LogP contribution < -0.4 is 15.0 Å². The van der Waals surface area contributed by atoms with Crippen LogP contribution in [0.25, 0.3) is 0 Å². The van der Waals surface area contributed by atoms with Crippen LogP contribution in [-0.4, -0.2) is 62.6 Å². The Kier molecular flexibility index (Phi) is 6.76. The molecular weight excluding hydrogens is 427 g/mol. The number of guanidine groups is 1. The van der Waals surface area contributed by atoms with Crippen LogP contribution in [0.4, 0.5) is 10.1 Å². The zero-order valence-electron chi connectivity index (χ0n) is 18.7. The maximum atomic E-state index is 14.2. The lowest BCUT2D eigenvalue weighted by molar-refractivity contribution is -0.153. The van der Waals surface area contributed by atoms with Crippen LogP contribution in [0.3, 0.4) is 0 Å². The molecular formula is C24H27FN4O4. The van der Waals surface area contributed by atoms with E-state index < -0.39 is 23.8 Å². The van der Waals surface area contributed by atoms with Gasteiger partial charge in [0.15, 0.2) is 5.92 Å². The summed E-state index contributed by atoms with van der Waals surface area (Å²) in [6.45, 7) is 4.07. The SMILES string of the molecule is CCOC(=O)[C@@H]1C(=O)NC(N2CCN(c3ccccc3F)CC2)=N[C@@H]1c1ccccc1OC. The minimum absolute atomic E-state index is 0.163. The van der Waals surface area contributed by atoms with E-state index in [1.807, 2.05) is 28.0 Å². The summed E-state index contributed by atoms with van der Waals surface area (Å²) in [6.07, 6.45) is 0. The molecule has 1 saturated heterocycles. The van der Waals surface area contributed by atoms with Gasteiger partial charge < -0.3 is 19.3 Å². The molecule has 0 aliphatic carbocycles. The topological polar surface area (TPSA) is 83.5 Å². The molecule has 0 radical (unpaired) electrons. The van der Waals surface area contributed by atoms with Crippen molar-refractivity contribution in [3.05, 3.63) is 59.9 Å². The van der Waals surface area contributed by atoms with Gasteiger partial charge in [-0.25, -0.2) is 9.38 Å². The van der Waals surface area contributed by atoms with Crippen molar-refractivity contribution in [2.24, 2.45) is 10.9 Å². The average molecular weight is 455 g/mol. The second-order valence-electron chi connectivity index (χ2n) is 7.78. The van der Waals surface area contributed by atoms with E-state index in [0.29, 0.717) is 49.1 Å². The van der Waals surface area contributed by atoms with E-state index in [2.05, 4.69) is 5.32 Å². The summed E-state index contributed by atoms with van der Waals surface area (Å²) < 4.78 is 24.8. The zero-order valence-corrected chi connectivity index (χ0v) is 18.7. The van der Waals surface area contributed by atoms with E-state index in [1.54, 1.807) is 31.2 Å². The predicted octanol–water partition coefficient (Wildman–Crippen LogP) is 2.36. The van der Waals surface area contributed by atoms with Gasteiger partial charge in [0.1, 0.15) is 17.6 Å². The highest BCUT2D eigenvalue weighted by molar-refractivity contribution is 6.08. The molecule has 4 rings (SSSR count). The fourth-order valence-corrected chi connectivity index (χ4v) is 4.23. The second-order valence-corrected chi connectivity index (χ2v) is 7.78. The quantitative estimate of drug-likeness (QED) is 0.552. The first-order chi connectivity index (χ1) is 16.0. The Bertz CT molecular complexity index is 1050. The summed E-state index contributed by atoms with van der Waals surface area (Å²) in [5, 5.41) is 2.78. The van der Waals surface area contributed by atoms with E-state index >= 15 is 0 Å². The number of esters is 1. The van der Waals surface area contributed by atoms with Gasteiger partial charge in [-0.05, 0) is 25.1 Å². The minimum atomic E-state index is -1.12. The van der Waals surface area contributed by atoms with Gasteiger partial charge in [0, 0.05) is 31.7 Å². The fraction of sp³-hybridized carbons (Fsp3) is 0.375. The molecule has 174 valence electrons. The molecule has 9 heteroatoms. The summed E-state index contributed by atoms with van der Waals surface area (Å²) in [6, 6.07) is 13.1. The molecule has 1 amide bonds. The largest absolute Gasteiger partial charge is 0.496 e. The molecule has 33 heavy (non-hydrogen) atoms. The van der Waals surface area contributed by atoms with E-state index in [4.69, 9.17) is 14.5 Å². The number of nitrogens with one attached hydrogen (secondary N) is 1. The molecule has 2 atom stereocenters. The number of aliphatic imine (C=N–C) groups is 1. The van der Waals surface area contributed by atoms with Gasteiger partial charge in [0.05, 0.1) is 19.4 Å². The Balaban J connectivity index is 1.60. The van der Waals surface area contributed by atoms with Crippen molar-refractivity contribution in [2.45, 2.75) is 13.0 Å². The zero-order chi connectivity index (χ0) is 23.4. The number of ether oxygens (including phenoxy) is 2. The first-order valence-corrected chi connectivity index (χ1v) is 11.0. The third-order valence-electron chi connectivity index (χ3n) is 5.87. The molecule has 1 N–H and O–H groups in total. The van der Waals surface area contributed by atoms with Crippen molar-refractivity contribution in [3.63, 3.8) is 0 Å². The summed E-state index contributed by atoms with van der Waals surface area (Å²) in [4.78, 5) is 34.4. The number of anilines is 1. The Hall–Kier alpha value is -3.62. The Labute approximate surface area is 192 Å². The number of methoxy groups -OCH3 is 1. The maximum Gasteiger partial charge on any atom is 0.321 e. The van der Waals surface area contributed by atoms with Gasteiger partial charge in [-0.15, -0.1) is 0 Å². The number of nitrogens with zero attached hydrogens (tertiary/aromatic N) is 3. The van der Waals surface area contributed by atoms with E-state index in [1.165, 1.54) is 13.2 Å². The number of rotatable bonds is 5. The maximum absolute atomic E-state index is 14.2. The van der Waals surface area contributed by atoms with Crippen molar-refractivity contribution < 1.29 is 23.5 Å². The van der Waals surface area contributed by atoms with Crippen LogP contribution in [0, 0.1) is 11.7 Å². The van der Waals surface area contributed by atoms with Crippen LogP contribution >= 0.6 is 0 Å². The number of carbonyl (C=O) groups excluding carboxylic acids is 2. The third kappa shape index (κ3) is 4.62. The highest BCUT2D eigenvalue weighted by Gasteiger charge is 2.43. The fourth-order valence-electron chi connectivity index (χ4n) is 4.23. The summed E-state index contributed by atoms with van der Waals surface area (Å²) in [5.41, 5.74) is 1.19. The van der Waals surface area contributed by atoms with Gasteiger partial charge in [-0.3, -0.25) is 14.9 Å². The molecule has 0 bridgehead atoms. The van der Waals surface area contributed by atoms with Crippen LogP contribution in [-0.2, 0) is 14.3 Å². The number of hydrogen-bond donors (Lipinski definition) is 1. The highest BCUT2D eigenvalue weighted by atomic mass is 19.1. The highest BCUT2D eigenvalue weighted by Crippen LogP contribution is 2.36. The standard InChI is InChI=1S/C24H27FN4O4/c1-3-33-23(31)20-21(16-8-4-7-11-19(16)32-2)26-24(27-22(20)30)29-14-12-28(13-15-29)18-10-6-5-9-17(18)25/h4-11,20-21H,3,12-15H2,1-2H3,(H,26,27,30)/t20-,21+/m0/s1. The number of carbonyl (C=O) groups is 2. The van der Waals surface area contributed by atoms with Crippen molar-refractivity contribution in [2.75, 3.05) is 44.8 Å². The van der Waals surface area contributed by atoms with Gasteiger partial charge in [-0.1, -0.05) is 30.3 Å². The first kappa shape index (κ1) is 22.6. The average Bonchev–Trinajstić information content (AvgIpc) is 2.84. The van der Waals surface area contributed by atoms with Gasteiger partial charge in [0.25, 0.3) is 0 Å². The molecule has 2 aromatic rings. The van der Waals surface area contributed by atoms with Crippen molar-refractivity contribution >= 4 is 23.5 Å². The Morgan fingerprint density at radius 3 is 2.45 bits per heavy atom. The second kappa shape index (κ2) is 9.89. The number of benzene rings is 2. The number of para-hydroxylation sites is 2. The predicted molar refractivity (Wildman–Crippen MR) is 122 cm³/mol. The number of piperazine rings is 1. The molecule has 8 nitrogen and oxygen atoms in total. The monoisotopic (exact) mass is 454 g/mol. The molecule has 0 saturated carbocycles. The van der Waals surface area contributed by atoms with Gasteiger partial charge >= 0.3 is 5.97 Å². The smallest absolute Gasteiger partial charge is 0.321 e. The van der Waals surface area contributed by atoms with Crippen LogP contribution in [0.15, 0.2) is 53.5 Å². The molecule has 0 unspecified atom stereocenters. The van der Waals surface area contributed by atoms with Crippen LogP contribution in [0.1, 0.15) is 18.5 Å². The van der Waals surface area contributed by atoms with Gasteiger partial charge in [0.2, 0.25) is 11.9 Å². The molecule has 2 heterocycles. The number of halogens is 1. The molecule has 2 aromatic carbocycles. The van der Waals surface area contributed by atoms with E-state index in [-0.39, 0.29) is 12.4 Å². The minimum Gasteiger partial charge on any atom is -0.496 e. The number of hydrogen-bond acceptors (Lipinski definition) is 7. The summed E-state index contributed by atoms with van der Waals surface area (Å²) >= 11 is 0. The summed E-state index contributed by atoms with van der Waals surface area (Å²) in [7, 11) is 1.54. The first-order valence-electron chi connectivity index (χ1n) is 11.0. The molecule has 1 fully saturated rings. The molecule has 2 aliphatic heterocycles. The van der Waals surface area contributed by atoms with Gasteiger partial charge in [-0.2, -0.15) is 0 Å². The van der Waals surface area contributed by atoms with E-state index in [0.717, 1.165) is 0 Å². The number of amides is 1. The van der Waals surface area contributed by atoms with Crippen molar-refractivity contribution in [3.8, 4) is 5.75 Å². The molecule has 2 aliphatic rings. The molecule has 0 spiro atoms. The Morgan fingerprint density at radius 2 is 1.76 bits per heavy atom. The van der Waals surface area contributed by atoms with Crippen molar-refractivity contribution in [1.82, 2.24) is 10.2 Å². The van der Waals surface area contributed by atoms with E-state index in [9.17, 15) is 14.0 Å². The van der Waals surface area contributed by atoms with Crippen LogP contribution in [0.5, 0.6) is 5.75 Å². The lowest BCUT2D eigenvalue weighted by atomic mass is 9.90. The lowest BCUT2D eigenvalue weighted by Gasteiger charge is -2.39. The third-order valence-corrected chi connectivity index (χ3v) is 5.87.